The van der Waals surface area contributed by atoms with Crippen LogP contribution in [0.3, 0.4) is 0 Å². The zero-order valence-electron chi connectivity index (χ0n) is 18.7. The van der Waals surface area contributed by atoms with E-state index in [9.17, 15) is 22.5 Å². The van der Waals surface area contributed by atoms with Crippen molar-refractivity contribution in [3.8, 4) is 11.1 Å². The summed E-state index contributed by atoms with van der Waals surface area (Å²) in [6, 6.07) is 13.6. The number of aromatic nitrogens is 2. The van der Waals surface area contributed by atoms with Crippen LogP contribution in [0.5, 0.6) is 0 Å². The van der Waals surface area contributed by atoms with E-state index in [-0.39, 0.29) is 38.5 Å². The lowest BCUT2D eigenvalue weighted by Gasteiger charge is -2.15. The monoisotopic (exact) mass is 540 g/mol. The van der Waals surface area contributed by atoms with Gasteiger partial charge in [-0.15, -0.1) is 0 Å². The summed E-state index contributed by atoms with van der Waals surface area (Å²) in [5, 5.41) is 10.1. The summed E-state index contributed by atoms with van der Waals surface area (Å²) in [6.45, 7) is 3.44. The molecule has 1 heterocycles. The largest absolute Gasteiger partial charge is 0.417 e. The van der Waals surface area contributed by atoms with Crippen molar-refractivity contribution in [3.63, 3.8) is 0 Å². The van der Waals surface area contributed by atoms with Gasteiger partial charge in [0, 0.05) is 15.7 Å². The SMILES string of the molecule is CC(C)S(=O)c1ccc(C(CO)c2nc3c(Cl)c(-c4ccccc4C(F)(F)F)c(Cl)cc3[nH]2)cc1. The van der Waals surface area contributed by atoms with Gasteiger partial charge < -0.3 is 10.1 Å². The van der Waals surface area contributed by atoms with Crippen molar-refractivity contribution in [1.82, 2.24) is 9.97 Å². The van der Waals surface area contributed by atoms with E-state index in [1.165, 1.54) is 24.3 Å². The second kappa shape index (κ2) is 9.93. The Balaban J connectivity index is 1.80. The maximum atomic E-state index is 13.6. The van der Waals surface area contributed by atoms with E-state index < -0.39 is 28.5 Å². The van der Waals surface area contributed by atoms with Crippen LogP contribution < -0.4 is 0 Å². The van der Waals surface area contributed by atoms with Crippen molar-refractivity contribution in [2.45, 2.75) is 36.1 Å². The number of aliphatic hydroxyl groups excluding tert-OH is 1. The van der Waals surface area contributed by atoms with Crippen LogP contribution in [0, 0.1) is 0 Å². The van der Waals surface area contributed by atoms with Crippen LogP contribution >= 0.6 is 23.2 Å². The van der Waals surface area contributed by atoms with Crippen LogP contribution in [-0.2, 0) is 17.0 Å². The first-order valence-electron chi connectivity index (χ1n) is 10.7. The van der Waals surface area contributed by atoms with Gasteiger partial charge in [-0.1, -0.05) is 67.4 Å². The van der Waals surface area contributed by atoms with Gasteiger partial charge in [-0.25, -0.2) is 4.98 Å². The summed E-state index contributed by atoms with van der Waals surface area (Å²) >= 11 is 13.0. The average Bonchev–Trinajstić information content (AvgIpc) is 3.23. The molecule has 0 spiro atoms. The Morgan fingerprint density at radius 3 is 2.34 bits per heavy atom. The van der Waals surface area contributed by atoms with E-state index in [2.05, 4.69) is 9.97 Å². The Kier molecular flexibility index (Phi) is 7.29. The predicted octanol–water partition coefficient (Wildman–Crippen LogP) is 7.20. The lowest BCUT2D eigenvalue weighted by molar-refractivity contribution is -0.137. The van der Waals surface area contributed by atoms with Gasteiger partial charge >= 0.3 is 6.18 Å². The number of nitrogens with zero attached hydrogens (tertiary/aromatic N) is 1. The minimum Gasteiger partial charge on any atom is -0.395 e. The fourth-order valence-corrected chi connectivity index (χ4v) is 5.57. The number of fused-ring (bicyclic) bond motifs is 1. The van der Waals surface area contributed by atoms with Crippen LogP contribution in [0.2, 0.25) is 10.0 Å². The maximum absolute atomic E-state index is 13.6. The lowest BCUT2D eigenvalue weighted by atomic mass is 9.98. The number of aliphatic hydroxyl groups is 1. The molecule has 0 saturated carbocycles. The molecule has 0 aliphatic carbocycles. The molecular weight excluding hydrogens is 520 g/mol. The molecule has 2 atom stereocenters. The number of halogens is 5. The molecule has 0 aliphatic heterocycles. The van der Waals surface area contributed by atoms with Gasteiger partial charge in [-0.2, -0.15) is 13.2 Å². The number of hydrogen-bond donors (Lipinski definition) is 2. The van der Waals surface area contributed by atoms with Gasteiger partial charge in [-0.05, 0) is 35.4 Å². The van der Waals surface area contributed by atoms with Crippen LogP contribution in [0.15, 0.2) is 59.5 Å². The molecule has 184 valence electrons. The molecule has 10 heteroatoms. The van der Waals surface area contributed by atoms with Crippen LogP contribution in [0.4, 0.5) is 13.2 Å². The third-order valence-corrected chi connectivity index (χ3v) is 7.90. The zero-order chi connectivity index (χ0) is 25.5. The van der Waals surface area contributed by atoms with Gasteiger partial charge in [0.05, 0.1) is 44.4 Å². The molecule has 0 saturated heterocycles. The predicted molar refractivity (Wildman–Crippen MR) is 133 cm³/mol. The van der Waals surface area contributed by atoms with E-state index in [1.807, 2.05) is 13.8 Å². The molecule has 2 unspecified atom stereocenters. The smallest absolute Gasteiger partial charge is 0.395 e. The molecule has 1 aromatic heterocycles. The fraction of sp³-hybridized carbons (Fsp3) is 0.240. The number of aromatic amines is 1. The van der Waals surface area contributed by atoms with Crippen LogP contribution in [0.1, 0.15) is 36.7 Å². The third-order valence-electron chi connectivity index (χ3n) is 5.64. The van der Waals surface area contributed by atoms with E-state index >= 15 is 0 Å². The Morgan fingerprint density at radius 2 is 1.74 bits per heavy atom. The second-order valence-electron chi connectivity index (χ2n) is 8.26. The summed E-state index contributed by atoms with van der Waals surface area (Å²) < 4.78 is 53.2. The number of benzene rings is 3. The van der Waals surface area contributed by atoms with Crippen molar-refractivity contribution in [1.29, 1.82) is 0 Å². The molecule has 0 radical (unpaired) electrons. The van der Waals surface area contributed by atoms with Gasteiger partial charge in [0.2, 0.25) is 0 Å². The Morgan fingerprint density at radius 1 is 1.09 bits per heavy atom. The molecule has 0 amide bonds. The van der Waals surface area contributed by atoms with E-state index in [0.717, 1.165) is 11.6 Å². The molecule has 2 N–H and O–H groups in total. The topological polar surface area (TPSA) is 66.0 Å². The summed E-state index contributed by atoms with van der Waals surface area (Å²) in [6.07, 6.45) is -4.59. The number of hydrogen-bond acceptors (Lipinski definition) is 3. The van der Waals surface area contributed by atoms with Crippen LogP contribution in [-0.4, -0.2) is 31.1 Å². The van der Waals surface area contributed by atoms with Crippen LogP contribution in [0.25, 0.3) is 22.2 Å². The molecule has 4 aromatic rings. The first-order valence-corrected chi connectivity index (χ1v) is 12.7. The molecule has 35 heavy (non-hydrogen) atoms. The Labute approximate surface area is 212 Å². The second-order valence-corrected chi connectivity index (χ2v) is 11.1. The highest BCUT2D eigenvalue weighted by Gasteiger charge is 2.34. The summed E-state index contributed by atoms with van der Waals surface area (Å²) in [4.78, 5) is 8.27. The summed E-state index contributed by atoms with van der Waals surface area (Å²) in [5.41, 5.74) is 0.432. The van der Waals surface area contributed by atoms with E-state index in [0.29, 0.717) is 16.2 Å². The number of alkyl halides is 3. The Hall–Kier alpha value is -2.39. The zero-order valence-corrected chi connectivity index (χ0v) is 21.0. The average molecular weight is 541 g/mol. The normalized spacial score (nSPS) is 14.0. The quantitative estimate of drug-likeness (QED) is 0.272. The van der Waals surface area contributed by atoms with Crippen molar-refractivity contribution < 1.29 is 22.5 Å². The Bertz CT molecular complexity index is 1400. The number of nitrogens with one attached hydrogen (secondary N) is 1. The van der Waals surface area contributed by atoms with Gasteiger partial charge in [-0.3, -0.25) is 4.21 Å². The molecule has 0 aliphatic rings. The summed E-state index contributed by atoms with van der Waals surface area (Å²) in [5.74, 6) is -0.191. The minimum atomic E-state index is -4.59. The molecule has 4 nitrogen and oxygen atoms in total. The molecule has 3 aromatic carbocycles. The van der Waals surface area contributed by atoms with Gasteiger partial charge in [0.1, 0.15) is 11.3 Å². The molecule has 4 rings (SSSR count). The highest BCUT2D eigenvalue weighted by Crippen LogP contribution is 2.45. The highest BCUT2D eigenvalue weighted by atomic mass is 35.5. The third kappa shape index (κ3) is 4.98. The van der Waals surface area contributed by atoms with Crippen molar-refractivity contribution in [2.75, 3.05) is 6.61 Å². The van der Waals surface area contributed by atoms with Crippen molar-refractivity contribution >= 4 is 45.0 Å². The molecule has 0 fully saturated rings. The number of rotatable bonds is 6. The standard InChI is InChI=1S/C25H21Cl2F3N2O2S/c1-13(2)35(34)15-9-7-14(8-10-15)17(12-33)24-31-20-11-19(26)21(22(27)23(20)32-24)16-5-3-4-6-18(16)25(28,29)30/h3-11,13,17,33H,12H2,1-2H3,(H,31,32). The number of H-pyrrole nitrogens is 1. The highest BCUT2D eigenvalue weighted by molar-refractivity contribution is 7.85. The molecule has 0 bridgehead atoms. The van der Waals surface area contributed by atoms with E-state index in [1.54, 1.807) is 24.3 Å². The minimum absolute atomic E-state index is 0.0222. The first-order chi connectivity index (χ1) is 16.5. The van der Waals surface area contributed by atoms with Crippen molar-refractivity contribution in [3.05, 3.63) is 81.6 Å². The summed E-state index contributed by atoms with van der Waals surface area (Å²) in [7, 11) is -1.15. The molecular formula is C25H21Cl2F3N2O2S. The van der Waals surface area contributed by atoms with Crippen molar-refractivity contribution in [2.24, 2.45) is 0 Å². The van der Waals surface area contributed by atoms with Gasteiger partial charge in [0.25, 0.3) is 0 Å². The maximum Gasteiger partial charge on any atom is 0.417 e. The number of imidazole rings is 1. The van der Waals surface area contributed by atoms with E-state index in [4.69, 9.17) is 23.2 Å². The first kappa shape index (κ1) is 25.7. The fourth-order valence-electron chi connectivity index (χ4n) is 3.92. The van der Waals surface area contributed by atoms with Gasteiger partial charge in [0.15, 0.2) is 0 Å². The lowest BCUT2D eigenvalue weighted by Crippen LogP contribution is -2.09.